The van der Waals surface area contributed by atoms with Gasteiger partial charge in [-0.1, -0.05) is 6.92 Å². The summed E-state index contributed by atoms with van der Waals surface area (Å²) in [7, 11) is 0.869. The summed E-state index contributed by atoms with van der Waals surface area (Å²) in [6.45, 7) is 3.78. The molecule has 8 heteroatoms. The molecule has 1 fully saturated rings. The van der Waals surface area contributed by atoms with Gasteiger partial charge < -0.3 is 19.1 Å². The van der Waals surface area contributed by atoms with Crippen LogP contribution in [0, 0.1) is 5.92 Å². The maximum absolute atomic E-state index is 13.7. The number of rotatable bonds is 6. The first-order valence-electron chi connectivity index (χ1n) is 10.6. The van der Waals surface area contributed by atoms with E-state index in [0.29, 0.717) is 34.4 Å². The predicted molar refractivity (Wildman–Crippen MR) is 124 cm³/mol. The highest BCUT2D eigenvalue weighted by atomic mass is 32.2. The predicted octanol–water partition coefficient (Wildman–Crippen LogP) is 4.33. The third-order valence-corrected chi connectivity index (χ3v) is 7.84. The van der Waals surface area contributed by atoms with Crippen LogP contribution in [0.5, 0.6) is 17.2 Å². The number of sulfone groups is 1. The molecule has 0 spiro atoms. The van der Waals surface area contributed by atoms with Gasteiger partial charge in [-0.15, -0.1) is 0 Å². The van der Waals surface area contributed by atoms with Crippen molar-refractivity contribution in [3.8, 4) is 17.2 Å². The van der Waals surface area contributed by atoms with E-state index in [1.165, 1.54) is 6.20 Å². The van der Waals surface area contributed by atoms with E-state index in [-0.39, 0.29) is 9.79 Å². The second-order valence-corrected chi connectivity index (χ2v) is 9.96. The van der Waals surface area contributed by atoms with E-state index >= 15 is 0 Å². The highest BCUT2D eigenvalue weighted by Crippen LogP contribution is 2.41. The van der Waals surface area contributed by atoms with E-state index < -0.39 is 9.84 Å². The van der Waals surface area contributed by atoms with Gasteiger partial charge in [-0.05, 0) is 49.1 Å². The molecule has 1 saturated heterocycles. The summed E-state index contributed by atoms with van der Waals surface area (Å²) in [4.78, 5) is 7.05. The molecule has 0 aliphatic carbocycles. The summed E-state index contributed by atoms with van der Waals surface area (Å²) in [6.07, 6.45) is 3.46. The first-order chi connectivity index (χ1) is 15.4. The Bertz CT molecular complexity index is 1220. The maximum Gasteiger partial charge on any atom is 0.210 e. The largest absolute Gasteiger partial charge is 0.497 e. The molecule has 3 aromatic rings. The summed E-state index contributed by atoms with van der Waals surface area (Å²) in [5.41, 5.74) is 1.32. The van der Waals surface area contributed by atoms with E-state index in [2.05, 4.69) is 16.8 Å². The number of benzene rings is 2. The molecule has 1 aromatic heterocycles. The zero-order chi connectivity index (χ0) is 22.9. The van der Waals surface area contributed by atoms with Crippen molar-refractivity contribution in [2.45, 2.75) is 29.6 Å². The second kappa shape index (κ2) is 8.86. The van der Waals surface area contributed by atoms with E-state index in [4.69, 9.17) is 14.2 Å². The first-order valence-corrected chi connectivity index (χ1v) is 12.1. The third-order valence-electron chi connectivity index (χ3n) is 6.07. The molecule has 0 saturated carbocycles. The Kier molecular flexibility index (Phi) is 6.15. The van der Waals surface area contributed by atoms with Gasteiger partial charge in [0.1, 0.15) is 10.6 Å². The van der Waals surface area contributed by atoms with Gasteiger partial charge in [-0.2, -0.15) is 0 Å². The molecular formula is C24H28N2O5S. The zero-order valence-corrected chi connectivity index (χ0v) is 19.6. The Hall–Kier alpha value is -3.00. The molecule has 32 heavy (non-hydrogen) atoms. The van der Waals surface area contributed by atoms with Gasteiger partial charge in [0.2, 0.25) is 9.84 Å². The number of ether oxygens (including phenoxy) is 3. The van der Waals surface area contributed by atoms with Crippen LogP contribution in [0.3, 0.4) is 0 Å². The van der Waals surface area contributed by atoms with Crippen molar-refractivity contribution in [3.63, 3.8) is 0 Å². The molecular weight excluding hydrogens is 428 g/mol. The third kappa shape index (κ3) is 3.95. The molecule has 0 radical (unpaired) electrons. The van der Waals surface area contributed by atoms with Gasteiger partial charge in [0.25, 0.3) is 0 Å². The minimum Gasteiger partial charge on any atom is -0.497 e. The monoisotopic (exact) mass is 456 g/mol. The van der Waals surface area contributed by atoms with Crippen LogP contribution in [0.15, 0.2) is 52.4 Å². The number of aromatic nitrogens is 1. The number of hydrogen-bond donors (Lipinski definition) is 0. The lowest BCUT2D eigenvalue weighted by Gasteiger charge is -2.34. The molecule has 0 unspecified atom stereocenters. The Morgan fingerprint density at radius 3 is 2.16 bits per heavy atom. The molecule has 1 aliphatic heterocycles. The van der Waals surface area contributed by atoms with Gasteiger partial charge in [0.05, 0.1) is 37.4 Å². The maximum atomic E-state index is 13.7. The molecule has 4 rings (SSSR count). The van der Waals surface area contributed by atoms with E-state index in [9.17, 15) is 8.42 Å². The average Bonchev–Trinajstić information content (AvgIpc) is 2.82. The Morgan fingerprint density at radius 1 is 0.938 bits per heavy atom. The zero-order valence-electron chi connectivity index (χ0n) is 18.8. The molecule has 2 aromatic carbocycles. The molecule has 0 amide bonds. The smallest absolute Gasteiger partial charge is 0.210 e. The normalized spacial score (nSPS) is 15.1. The molecule has 0 N–H and O–H groups in total. The fourth-order valence-electron chi connectivity index (χ4n) is 4.12. The number of hydrogen-bond acceptors (Lipinski definition) is 7. The van der Waals surface area contributed by atoms with Gasteiger partial charge in [-0.25, -0.2) is 8.42 Å². The lowest BCUT2D eigenvalue weighted by Crippen LogP contribution is -2.34. The van der Waals surface area contributed by atoms with Crippen molar-refractivity contribution in [2.24, 2.45) is 5.92 Å². The number of methoxy groups -OCH3 is 3. The molecule has 0 atom stereocenters. The number of fused-ring (bicyclic) bond motifs is 1. The van der Waals surface area contributed by atoms with E-state index in [1.807, 2.05) is 6.07 Å². The Morgan fingerprint density at radius 2 is 1.56 bits per heavy atom. The van der Waals surface area contributed by atoms with Crippen molar-refractivity contribution >= 4 is 26.4 Å². The van der Waals surface area contributed by atoms with Crippen molar-refractivity contribution in [1.82, 2.24) is 4.98 Å². The lowest BCUT2D eigenvalue weighted by atomic mass is 9.98. The summed E-state index contributed by atoms with van der Waals surface area (Å²) in [5, 5.41) is 0.729. The Labute approximate surface area is 188 Å². The summed E-state index contributed by atoms with van der Waals surface area (Å²) >= 11 is 0. The highest BCUT2D eigenvalue weighted by Gasteiger charge is 2.29. The Balaban J connectivity index is 1.95. The van der Waals surface area contributed by atoms with Crippen LogP contribution < -0.4 is 19.1 Å². The molecule has 2 heterocycles. The van der Waals surface area contributed by atoms with Crippen LogP contribution in [-0.2, 0) is 9.84 Å². The van der Waals surface area contributed by atoms with Crippen molar-refractivity contribution in [1.29, 1.82) is 0 Å². The van der Waals surface area contributed by atoms with Crippen LogP contribution >= 0.6 is 0 Å². The van der Waals surface area contributed by atoms with Crippen LogP contribution in [0.2, 0.25) is 0 Å². The average molecular weight is 457 g/mol. The summed E-state index contributed by atoms with van der Waals surface area (Å²) in [5.74, 6) is 2.29. The van der Waals surface area contributed by atoms with Gasteiger partial charge in [0.15, 0.2) is 11.5 Å². The van der Waals surface area contributed by atoms with Crippen LogP contribution in [0.25, 0.3) is 10.9 Å². The standard InChI is InChI=1S/C24H28N2O5S/c1-16-9-11-26(12-10-16)24-19-13-21(30-3)22(31-4)14-20(19)25-15-23(24)32(27,28)18-7-5-17(29-2)6-8-18/h5-8,13-16H,9-12H2,1-4H3. The fraction of sp³-hybridized carbons (Fsp3) is 0.375. The van der Waals surface area contributed by atoms with Gasteiger partial charge >= 0.3 is 0 Å². The van der Waals surface area contributed by atoms with Crippen molar-refractivity contribution in [2.75, 3.05) is 39.3 Å². The minimum absolute atomic E-state index is 0.192. The number of pyridine rings is 1. The summed E-state index contributed by atoms with van der Waals surface area (Å²) in [6, 6.07) is 10.0. The second-order valence-electron chi connectivity index (χ2n) is 8.04. The van der Waals surface area contributed by atoms with E-state index in [0.717, 1.165) is 31.3 Å². The number of nitrogens with zero attached hydrogens (tertiary/aromatic N) is 2. The minimum atomic E-state index is -3.82. The molecule has 1 aliphatic rings. The van der Waals surface area contributed by atoms with Crippen molar-refractivity contribution < 1.29 is 22.6 Å². The highest BCUT2D eigenvalue weighted by molar-refractivity contribution is 7.91. The first kappa shape index (κ1) is 22.2. The SMILES string of the molecule is COc1ccc(S(=O)(=O)c2cnc3cc(OC)c(OC)cc3c2N2CCC(C)CC2)cc1. The quantitative estimate of drug-likeness (QED) is 0.546. The van der Waals surface area contributed by atoms with Crippen LogP contribution in [0.1, 0.15) is 19.8 Å². The molecule has 7 nitrogen and oxygen atoms in total. The van der Waals surface area contributed by atoms with Gasteiger partial charge in [0, 0.05) is 30.7 Å². The van der Waals surface area contributed by atoms with Crippen LogP contribution in [-0.4, -0.2) is 47.8 Å². The summed E-state index contributed by atoms with van der Waals surface area (Å²) < 4.78 is 43.5. The van der Waals surface area contributed by atoms with Crippen LogP contribution in [0.4, 0.5) is 5.69 Å². The fourth-order valence-corrected chi connectivity index (χ4v) is 5.56. The number of piperidine rings is 1. The number of anilines is 1. The molecule has 170 valence electrons. The van der Waals surface area contributed by atoms with Crippen molar-refractivity contribution in [3.05, 3.63) is 42.6 Å². The molecule has 0 bridgehead atoms. The topological polar surface area (TPSA) is 78.0 Å². The lowest BCUT2D eigenvalue weighted by molar-refractivity contribution is 0.355. The van der Waals surface area contributed by atoms with E-state index in [1.54, 1.807) is 51.7 Å². The van der Waals surface area contributed by atoms with Gasteiger partial charge in [-0.3, -0.25) is 4.98 Å².